The normalized spacial score (nSPS) is 23.1. The van der Waals surface area contributed by atoms with E-state index < -0.39 is 0 Å². The van der Waals surface area contributed by atoms with Crippen LogP contribution in [0.5, 0.6) is 5.75 Å². The summed E-state index contributed by atoms with van der Waals surface area (Å²) in [5, 5.41) is 4.19. The lowest BCUT2D eigenvalue weighted by molar-refractivity contribution is 0.121. The Labute approximate surface area is 113 Å². The molecule has 1 aromatic rings. The molecule has 4 heteroatoms. The molecular weight excluding hydrogens is 250 g/mol. The summed E-state index contributed by atoms with van der Waals surface area (Å²) in [7, 11) is 0. The van der Waals surface area contributed by atoms with Crippen molar-refractivity contribution in [2.75, 3.05) is 18.5 Å². The maximum atomic E-state index is 6.05. The standard InChI is InChI=1S/C14H20ClNO2/c1-3-7-18-14-5-4-11(15)9-13(14)16-12-6-8-17-10(12)2/h4-5,9-10,12,16H,3,6-8H2,1-2H3. The molecule has 18 heavy (non-hydrogen) atoms. The molecule has 1 heterocycles. The van der Waals surface area contributed by atoms with Crippen molar-refractivity contribution in [3.05, 3.63) is 23.2 Å². The first-order valence-corrected chi connectivity index (χ1v) is 6.89. The highest BCUT2D eigenvalue weighted by Crippen LogP contribution is 2.30. The molecule has 1 aliphatic rings. The summed E-state index contributed by atoms with van der Waals surface area (Å²) < 4.78 is 11.3. The van der Waals surface area contributed by atoms with Crippen LogP contribution in [0.2, 0.25) is 5.02 Å². The third kappa shape index (κ3) is 3.30. The minimum atomic E-state index is 0.225. The average molecular weight is 270 g/mol. The number of hydrogen-bond donors (Lipinski definition) is 1. The van der Waals surface area contributed by atoms with E-state index in [4.69, 9.17) is 21.1 Å². The molecule has 0 bridgehead atoms. The zero-order valence-electron chi connectivity index (χ0n) is 10.9. The fraction of sp³-hybridized carbons (Fsp3) is 0.571. The second kappa shape index (κ2) is 6.30. The highest BCUT2D eigenvalue weighted by Gasteiger charge is 2.24. The minimum absolute atomic E-state index is 0.225. The maximum absolute atomic E-state index is 6.05. The molecule has 1 N–H and O–H groups in total. The Bertz CT molecular complexity index is 397. The van der Waals surface area contributed by atoms with E-state index in [1.807, 2.05) is 18.2 Å². The van der Waals surface area contributed by atoms with Crippen molar-refractivity contribution in [2.45, 2.75) is 38.8 Å². The molecule has 100 valence electrons. The molecular formula is C14H20ClNO2. The van der Waals surface area contributed by atoms with Crippen LogP contribution in [0.1, 0.15) is 26.7 Å². The molecule has 0 aliphatic carbocycles. The largest absolute Gasteiger partial charge is 0.491 e. The molecule has 1 fully saturated rings. The van der Waals surface area contributed by atoms with Gasteiger partial charge < -0.3 is 14.8 Å². The predicted octanol–water partition coefficient (Wildman–Crippen LogP) is 3.72. The van der Waals surface area contributed by atoms with Crippen molar-refractivity contribution in [1.29, 1.82) is 0 Å². The first-order chi connectivity index (χ1) is 8.70. The summed E-state index contributed by atoms with van der Waals surface area (Å²) in [6.45, 7) is 5.70. The first kappa shape index (κ1) is 13.5. The van der Waals surface area contributed by atoms with Gasteiger partial charge in [-0.25, -0.2) is 0 Å². The number of rotatable bonds is 5. The lowest BCUT2D eigenvalue weighted by atomic mass is 10.1. The SMILES string of the molecule is CCCOc1ccc(Cl)cc1NC1CCOC1C. The second-order valence-electron chi connectivity index (χ2n) is 4.60. The number of ether oxygens (including phenoxy) is 2. The van der Waals surface area contributed by atoms with Gasteiger partial charge in [-0.05, 0) is 38.0 Å². The molecule has 1 aromatic carbocycles. The summed E-state index contributed by atoms with van der Waals surface area (Å²) >= 11 is 6.05. The minimum Gasteiger partial charge on any atom is -0.491 e. The Morgan fingerprint density at radius 3 is 3.00 bits per heavy atom. The van der Waals surface area contributed by atoms with Gasteiger partial charge in [-0.15, -0.1) is 0 Å². The van der Waals surface area contributed by atoms with Gasteiger partial charge >= 0.3 is 0 Å². The van der Waals surface area contributed by atoms with Gasteiger partial charge in [0.05, 0.1) is 24.4 Å². The van der Waals surface area contributed by atoms with Crippen molar-refractivity contribution in [1.82, 2.24) is 0 Å². The third-order valence-corrected chi connectivity index (χ3v) is 3.36. The Kier molecular flexibility index (Phi) is 4.72. The average Bonchev–Trinajstić information content (AvgIpc) is 2.74. The van der Waals surface area contributed by atoms with Crippen LogP contribution in [-0.4, -0.2) is 25.4 Å². The van der Waals surface area contributed by atoms with Gasteiger partial charge in [-0.2, -0.15) is 0 Å². The van der Waals surface area contributed by atoms with Crippen LogP contribution in [0.3, 0.4) is 0 Å². The zero-order valence-corrected chi connectivity index (χ0v) is 11.7. The van der Waals surface area contributed by atoms with Gasteiger partial charge in [0.2, 0.25) is 0 Å². The molecule has 0 radical (unpaired) electrons. The number of hydrogen-bond acceptors (Lipinski definition) is 3. The van der Waals surface area contributed by atoms with E-state index in [-0.39, 0.29) is 6.10 Å². The van der Waals surface area contributed by atoms with Crippen LogP contribution in [0, 0.1) is 0 Å². The van der Waals surface area contributed by atoms with E-state index in [1.165, 1.54) is 0 Å². The monoisotopic (exact) mass is 269 g/mol. The molecule has 0 saturated carbocycles. The van der Waals surface area contributed by atoms with Gasteiger partial charge in [-0.3, -0.25) is 0 Å². The third-order valence-electron chi connectivity index (χ3n) is 3.12. The van der Waals surface area contributed by atoms with Gasteiger partial charge in [0.25, 0.3) is 0 Å². The van der Waals surface area contributed by atoms with Crippen LogP contribution >= 0.6 is 11.6 Å². The summed E-state index contributed by atoms with van der Waals surface area (Å²) in [4.78, 5) is 0. The van der Waals surface area contributed by atoms with Crippen LogP contribution in [-0.2, 0) is 4.74 Å². The molecule has 0 spiro atoms. The van der Waals surface area contributed by atoms with E-state index in [0.29, 0.717) is 17.7 Å². The van der Waals surface area contributed by atoms with Crippen LogP contribution in [0.15, 0.2) is 18.2 Å². The van der Waals surface area contributed by atoms with Gasteiger partial charge in [0.1, 0.15) is 5.75 Å². The van der Waals surface area contributed by atoms with Crippen LogP contribution < -0.4 is 10.1 Å². The Balaban J connectivity index is 2.11. The summed E-state index contributed by atoms with van der Waals surface area (Å²) in [6, 6.07) is 6.01. The quantitative estimate of drug-likeness (QED) is 0.884. The predicted molar refractivity (Wildman–Crippen MR) is 74.7 cm³/mol. The summed E-state index contributed by atoms with van der Waals surface area (Å²) in [6.07, 6.45) is 2.23. The number of benzene rings is 1. The molecule has 2 unspecified atom stereocenters. The lowest BCUT2D eigenvalue weighted by Crippen LogP contribution is -2.26. The highest BCUT2D eigenvalue weighted by molar-refractivity contribution is 6.30. The van der Waals surface area contributed by atoms with E-state index >= 15 is 0 Å². The van der Waals surface area contributed by atoms with Crippen LogP contribution in [0.25, 0.3) is 0 Å². The smallest absolute Gasteiger partial charge is 0.142 e. The van der Waals surface area contributed by atoms with Gasteiger partial charge in [0, 0.05) is 11.6 Å². The highest BCUT2D eigenvalue weighted by atomic mass is 35.5. The van der Waals surface area contributed by atoms with E-state index in [1.54, 1.807) is 0 Å². The summed E-state index contributed by atoms with van der Waals surface area (Å²) in [5.74, 6) is 0.861. The van der Waals surface area contributed by atoms with E-state index in [9.17, 15) is 0 Å². The number of halogens is 1. The molecule has 0 aromatic heterocycles. The Morgan fingerprint density at radius 1 is 1.50 bits per heavy atom. The van der Waals surface area contributed by atoms with E-state index in [0.717, 1.165) is 30.9 Å². The first-order valence-electron chi connectivity index (χ1n) is 6.51. The summed E-state index contributed by atoms with van der Waals surface area (Å²) in [5.41, 5.74) is 0.957. The number of anilines is 1. The van der Waals surface area contributed by atoms with Crippen molar-refractivity contribution in [2.24, 2.45) is 0 Å². The van der Waals surface area contributed by atoms with Crippen molar-refractivity contribution in [3.8, 4) is 5.75 Å². The topological polar surface area (TPSA) is 30.5 Å². The molecule has 1 saturated heterocycles. The molecule has 2 atom stereocenters. The van der Waals surface area contributed by atoms with Crippen molar-refractivity contribution >= 4 is 17.3 Å². The van der Waals surface area contributed by atoms with Crippen molar-refractivity contribution in [3.63, 3.8) is 0 Å². The zero-order chi connectivity index (χ0) is 13.0. The molecule has 2 rings (SSSR count). The fourth-order valence-corrected chi connectivity index (χ4v) is 2.25. The maximum Gasteiger partial charge on any atom is 0.142 e. The van der Waals surface area contributed by atoms with E-state index in [2.05, 4.69) is 19.2 Å². The number of nitrogens with one attached hydrogen (secondary N) is 1. The van der Waals surface area contributed by atoms with Crippen molar-refractivity contribution < 1.29 is 9.47 Å². The molecule has 3 nitrogen and oxygen atoms in total. The van der Waals surface area contributed by atoms with Gasteiger partial charge in [-0.1, -0.05) is 18.5 Å². The fourth-order valence-electron chi connectivity index (χ4n) is 2.07. The molecule has 1 aliphatic heterocycles. The molecule has 0 amide bonds. The second-order valence-corrected chi connectivity index (χ2v) is 5.04. The Morgan fingerprint density at radius 2 is 2.33 bits per heavy atom. The Hall–Kier alpha value is -0.930. The lowest BCUT2D eigenvalue weighted by Gasteiger charge is -2.20. The van der Waals surface area contributed by atoms with Crippen LogP contribution in [0.4, 0.5) is 5.69 Å². The van der Waals surface area contributed by atoms with Gasteiger partial charge in [0.15, 0.2) is 0 Å².